The van der Waals surface area contributed by atoms with E-state index in [1.165, 1.54) is 0 Å². The quantitative estimate of drug-likeness (QED) is 0.626. The van der Waals surface area contributed by atoms with Crippen LogP contribution < -0.4 is 0 Å². The molecule has 0 bridgehead atoms. The van der Waals surface area contributed by atoms with Gasteiger partial charge >= 0.3 is 18.5 Å². The molecule has 10 heteroatoms. The summed E-state index contributed by atoms with van der Waals surface area (Å²) in [6, 6.07) is -1.16. The van der Waals surface area contributed by atoms with Gasteiger partial charge in [0.05, 0.1) is 16.7 Å². The summed E-state index contributed by atoms with van der Waals surface area (Å²) in [5, 5.41) is 8.84. The molecular formula is C11H9F9O. The van der Waals surface area contributed by atoms with E-state index in [1.54, 1.807) is 0 Å². The lowest BCUT2D eigenvalue weighted by Crippen LogP contribution is -2.16. The predicted octanol–water partition coefficient (Wildman–Crippen LogP) is 5.47. The average molecular weight is 328 g/mol. The number of phenolic OH excluding ortho intramolecular Hbond substituents is 1. The molecule has 0 aliphatic rings. The summed E-state index contributed by atoms with van der Waals surface area (Å²) in [5.41, 5.74) is -6.94. The lowest BCUT2D eigenvalue weighted by molar-refractivity contribution is -0.150. The molecule has 0 radical (unpaired) electrons. The molecule has 0 aromatic heterocycles. The SMILES string of the molecule is CC.Oc1c(C(F)(F)F)cc(C(F)(F)F)cc1C(F)(F)F. The maximum absolute atomic E-state index is 12.3. The number of hydrogen-bond acceptors (Lipinski definition) is 1. The number of alkyl halides is 9. The van der Waals surface area contributed by atoms with Crippen molar-refractivity contribution in [2.45, 2.75) is 32.4 Å². The number of phenols is 1. The molecule has 0 saturated heterocycles. The van der Waals surface area contributed by atoms with Gasteiger partial charge in [-0.1, -0.05) is 13.8 Å². The molecule has 1 N–H and O–H groups in total. The van der Waals surface area contributed by atoms with Crippen LogP contribution in [0.2, 0.25) is 0 Å². The van der Waals surface area contributed by atoms with Crippen LogP contribution in [0.3, 0.4) is 0 Å². The highest BCUT2D eigenvalue weighted by atomic mass is 19.4. The van der Waals surface area contributed by atoms with Crippen molar-refractivity contribution in [2.75, 3.05) is 0 Å². The van der Waals surface area contributed by atoms with E-state index in [4.69, 9.17) is 5.11 Å². The van der Waals surface area contributed by atoms with E-state index in [0.717, 1.165) is 0 Å². The fourth-order valence-electron chi connectivity index (χ4n) is 1.23. The lowest BCUT2D eigenvalue weighted by Gasteiger charge is -2.17. The van der Waals surface area contributed by atoms with Crippen molar-refractivity contribution in [2.24, 2.45) is 0 Å². The van der Waals surface area contributed by atoms with E-state index in [9.17, 15) is 39.5 Å². The summed E-state index contributed by atoms with van der Waals surface area (Å²) in [4.78, 5) is 0. The van der Waals surface area contributed by atoms with Gasteiger partial charge in [-0.05, 0) is 12.1 Å². The molecule has 1 rings (SSSR count). The van der Waals surface area contributed by atoms with Gasteiger partial charge in [0, 0.05) is 0 Å². The van der Waals surface area contributed by atoms with Crippen molar-refractivity contribution >= 4 is 0 Å². The zero-order valence-corrected chi connectivity index (χ0v) is 10.5. The van der Waals surface area contributed by atoms with Gasteiger partial charge in [-0.15, -0.1) is 0 Å². The Bertz CT molecular complexity index is 447. The number of benzene rings is 1. The van der Waals surface area contributed by atoms with Crippen LogP contribution in [-0.4, -0.2) is 5.11 Å². The lowest BCUT2D eigenvalue weighted by atomic mass is 10.0. The normalized spacial score (nSPS) is 12.7. The molecule has 0 unspecified atom stereocenters. The summed E-state index contributed by atoms with van der Waals surface area (Å²) < 4.78 is 110. The summed E-state index contributed by atoms with van der Waals surface area (Å²) in [5.74, 6) is -2.28. The van der Waals surface area contributed by atoms with Gasteiger partial charge in [0.25, 0.3) is 0 Å². The Labute approximate surface area is 113 Å². The van der Waals surface area contributed by atoms with E-state index in [2.05, 4.69) is 0 Å². The molecule has 21 heavy (non-hydrogen) atoms. The third-order valence-corrected chi connectivity index (χ3v) is 2.05. The van der Waals surface area contributed by atoms with Crippen LogP contribution >= 0.6 is 0 Å². The van der Waals surface area contributed by atoms with Gasteiger partial charge in [-0.2, -0.15) is 39.5 Å². The molecule has 122 valence electrons. The van der Waals surface area contributed by atoms with E-state index in [0.29, 0.717) is 0 Å². The smallest absolute Gasteiger partial charge is 0.419 e. The summed E-state index contributed by atoms with van der Waals surface area (Å²) >= 11 is 0. The Morgan fingerprint density at radius 2 is 0.952 bits per heavy atom. The molecule has 0 amide bonds. The second-order valence-electron chi connectivity index (χ2n) is 3.41. The number of halogens is 9. The van der Waals surface area contributed by atoms with Crippen LogP contribution in [-0.2, 0) is 18.5 Å². The van der Waals surface area contributed by atoms with Crippen LogP contribution in [0.5, 0.6) is 5.75 Å². The Hall–Kier alpha value is -1.61. The van der Waals surface area contributed by atoms with Crippen molar-refractivity contribution < 1.29 is 44.6 Å². The van der Waals surface area contributed by atoms with E-state index in [-0.39, 0.29) is 0 Å². The Balaban J connectivity index is 0.00000191. The van der Waals surface area contributed by atoms with E-state index >= 15 is 0 Å². The molecular weight excluding hydrogens is 319 g/mol. The predicted molar refractivity (Wildman–Crippen MR) is 54.5 cm³/mol. The zero-order chi connectivity index (χ0) is 17.2. The molecule has 0 saturated carbocycles. The summed E-state index contributed by atoms with van der Waals surface area (Å²) in [7, 11) is 0. The minimum Gasteiger partial charge on any atom is -0.507 e. The number of rotatable bonds is 0. The van der Waals surface area contributed by atoms with Gasteiger partial charge < -0.3 is 5.11 Å². The Morgan fingerprint density at radius 3 is 1.14 bits per heavy atom. The largest absolute Gasteiger partial charge is 0.507 e. The van der Waals surface area contributed by atoms with Gasteiger partial charge in [0.2, 0.25) is 0 Å². The zero-order valence-electron chi connectivity index (χ0n) is 10.5. The molecule has 1 aromatic carbocycles. The first-order valence-corrected chi connectivity index (χ1v) is 5.33. The second-order valence-corrected chi connectivity index (χ2v) is 3.41. The van der Waals surface area contributed by atoms with Crippen molar-refractivity contribution in [3.05, 3.63) is 28.8 Å². The topological polar surface area (TPSA) is 20.2 Å². The Kier molecular flexibility index (Phi) is 5.56. The van der Waals surface area contributed by atoms with Crippen LogP contribution in [0.1, 0.15) is 30.5 Å². The van der Waals surface area contributed by atoms with Crippen LogP contribution in [0.15, 0.2) is 12.1 Å². The molecule has 0 spiro atoms. The number of aromatic hydroxyl groups is 1. The van der Waals surface area contributed by atoms with E-state index in [1.807, 2.05) is 13.8 Å². The fourth-order valence-corrected chi connectivity index (χ4v) is 1.23. The third-order valence-electron chi connectivity index (χ3n) is 2.05. The van der Waals surface area contributed by atoms with Crippen molar-refractivity contribution in [3.8, 4) is 5.75 Å². The van der Waals surface area contributed by atoms with E-state index < -0.39 is 53.1 Å². The summed E-state index contributed by atoms with van der Waals surface area (Å²) in [6.45, 7) is 4.00. The maximum atomic E-state index is 12.3. The first-order chi connectivity index (χ1) is 9.24. The molecule has 1 nitrogen and oxygen atoms in total. The van der Waals surface area contributed by atoms with Gasteiger partial charge in [0.1, 0.15) is 5.75 Å². The monoisotopic (exact) mass is 328 g/mol. The molecule has 0 atom stereocenters. The van der Waals surface area contributed by atoms with Crippen LogP contribution in [0.4, 0.5) is 39.5 Å². The van der Waals surface area contributed by atoms with Crippen molar-refractivity contribution in [1.29, 1.82) is 0 Å². The fraction of sp³-hybridized carbons (Fsp3) is 0.455. The molecule has 1 aromatic rings. The minimum atomic E-state index is -5.55. The van der Waals surface area contributed by atoms with Crippen LogP contribution in [0, 0.1) is 0 Å². The second kappa shape index (κ2) is 6.02. The first kappa shape index (κ1) is 19.4. The average Bonchev–Trinajstić information content (AvgIpc) is 2.27. The maximum Gasteiger partial charge on any atom is 0.419 e. The van der Waals surface area contributed by atoms with Crippen molar-refractivity contribution in [1.82, 2.24) is 0 Å². The highest BCUT2D eigenvalue weighted by Crippen LogP contribution is 2.46. The molecule has 0 heterocycles. The molecule has 0 aliphatic heterocycles. The van der Waals surface area contributed by atoms with Crippen molar-refractivity contribution in [3.63, 3.8) is 0 Å². The highest BCUT2D eigenvalue weighted by molar-refractivity contribution is 5.47. The first-order valence-electron chi connectivity index (χ1n) is 5.33. The highest BCUT2D eigenvalue weighted by Gasteiger charge is 2.45. The van der Waals surface area contributed by atoms with Gasteiger partial charge in [-0.3, -0.25) is 0 Å². The summed E-state index contributed by atoms with van der Waals surface area (Å²) in [6.07, 6.45) is -16.5. The van der Waals surface area contributed by atoms with Gasteiger partial charge in [0.15, 0.2) is 0 Å². The minimum absolute atomic E-state index is 0.579. The number of hydrogen-bond donors (Lipinski definition) is 1. The molecule has 0 fully saturated rings. The molecule has 0 aliphatic carbocycles. The third kappa shape index (κ3) is 4.71. The standard InChI is InChI=1S/C9H3F9O.C2H6/c10-7(11,12)3-1-4(8(13,14)15)6(19)5(2-3)9(16,17)18;1-2/h1-2,19H;1-2H3. The van der Waals surface area contributed by atoms with Gasteiger partial charge in [-0.25, -0.2) is 0 Å². The van der Waals surface area contributed by atoms with Crippen LogP contribution in [0.25, 0.3) is 0 Å². The Morgan fingerprint density at radius 1 is 0.667 bits per heavy atom.